The molecule has 5 rings (SSSR count). The summed E-state index contributed by atoms with van der Waals surface area (Å²) in [7, 11) is 0. The Kier molecular flexibility index (Phi) is 6.49. The molecule has 7 nitrogen and oxygen atoms in total. The smallest absolute Gasteiger partial charge is 0.277 e. The number of aromatic nitrogens is 2. The molecular formula is C26H23N3O4S. The van der Waals surface area contributed by atoms with Gasteiger partial charge in [0.25, 0.3) is 5.22 Å². The van der Waals surface area contributed by atoms with Gasteiger partial charge in [-0.05, 0) is 48.9 Å². The van der Waals surface area contributed by atoms with Crippen LogP contribution in [0.4, 0.5) is 5.69 Å². The lowest BCUT2D eigenvalue weighted by molar-refractivity contribution is -0.117. The summed E-state index contributed by atoms with van der Waals surface area (Å²) < 4.78 is 17.2. The molecule has 1 aliphatic heterocycles. The second kappa shape index (κ2) is 10.0. The van der Waals surface area contributed by atoms with E-state index in [4.69, 9.17) is 13.9 Å². The van der Waals surface area contributed by atoms with Crippen molar-refractivity contribution < 1.29 is 18.7 Å². The molecule has 0 fully saturated rings. The molecule has 0 bridgehead atoms. The SMILES string of the molecule is CCOc1ccc(-c2nnc(SCC(=O)N3c4ccccc4OCC3c3ccccc3)o2)cc1. The van der Waals surface area contributed by atoms with Gasteiger partial charge in [0.15, 0.2) is 0 Å². The second-order valence-corrected chi connectivity index (χ2v) is 8.51. The molecule has 0 aliphatic carbocycles. The standard InChI is InChI=1S/C26H23N3O4S/c1-2-31-20-14-12-19(13-15-20)25-27-28-26(33-25)34-17-24(30)29-21-10-6-7-11-23(21)32-16-22(29)18-8-4-3-5-9-18/h3-15,22H,2,16-17H2,1H3. The fourth-order valence-corrected chi connectivity index (χ4v) is 4.48. The predicted octanol–water partition coefficient (Wildman–Crippen LogP) is 5.39. The summed E-state index contributed by atoms with van der Waals surface area (Å²) in [5.41, 5.74) is 2.57. The topological polar surface area (TPSA) is 77.7 Å². The van der Waals surface area contributed by atoms with Crippen molar-refractivity contribution in [2.24, 2.45) is 0 Å². The van der Waals surface area contributed by atoms with Crippen molar-refractivity contribution in [1.82, 2.24) is 10.2 Å². The van der Waals surface area contributed by atoms with Crippen LogP contribution in [0, 0.1) is 0 Å². The fraction of sp³-hybridized carbons (Fsp3) is 0.192. The summed E-state index contributed by atoms with van der Waals surface area (Å²) in [6.45, 7) is 2.93. The number of nitrogens with zero attached hydrogens (tertiary/aromatic N) is 3. The van der Waals surface area contributed by atoms with Gasteiger partial charge in [0.2, 0.25) is 11.8 Å². The molecule has 0 spiro atoms. The largest absolute Gasteiger partial charge is 0.494 e. The zero-order valence-corrected chi connectivity index (χ0v) is 19.4. The van der Waals surface area contributed by atoms with Crippen LogP contribution in [-0.2, 0) is 4.79 Å². The minimum absolute atomic E-state index is 0.0598. The lowest BCUT2D eigenvalue weighted by Gasteiger charge is -2.37. The number of rotatable bonds is 7. The van der Waals surface area contributed by atoms with Gasteiger partial charge in [0.1, 0.15) is 18.1 Å². The Labute approximate surface area is 201 Å². The van der Waals surface area contributed by atoms with Crippen LogP contribution in [0.25, 0.3) is 11.5 Å². The van der Waals surface area contributed by atoms with Crippen LogP contribution in [0.1, 0.15) is 18.5 Å². The van der Waals surface area contributed by atoms with E-state index >= 15 is 0 Å². The Balaban J connectivity index is 1.32. The average Bonchev–Trinajstić information content (AvgIpc) is 3.37. The third kappa shape index (κ3) is 4.63. The molecule has 172 valence electrons. The van der Waals surface area contributed by atoms with E-state index in [9.17, 15) is 4.79 Å². The van der Waals surface area contributed by atoms with Crippen LogP contribution in [0.5, 0.6) is 11.5 Å². The summed E-state index contributed by atoms with van der Waals surface area (Å²) in [6, 6.07) is 24.7. The number of hydrogen-bond donors (Lipinski definition) is 0. The van der Waals surface area contributed by atoms with Gasteiger partial charge in [-0.1, -0.05) is 54.2 Å². The van der Waals surface area contributed by atoms with Crippen molar-refractivity contribution in [2.75, 3.05) is 23.9 Å². The van der Waals surface area contributed by atoms with E-state index in [-0.39, 0.29) is 17.7 Å². The maximum atomic E-state index is 13.4. The summed E-state index contributed by atoms with van der Waals surface area (Å²) in [5, 5.41) is 8.58. The number of ether oxygens (including phenoxy) is 2. The van der Waals surface area contributed by atoms with Crippen LogP contribution in [0.2, 0.25) is 0 Å². The Morgan fingerprint density at radius 2 is 1.79 bits per heavy atom. The molecular weight excluding hydrogens is 450 g/mol. The maximum Gasteiger partial charge on any atom is 0.277 e. The number of carbonyl (C=O) groups excluding carboxylic acids is 1. The zero-order chi connectivity index (χ0) is 23.3. The molecule has 0 N–H and O–H groups in total. The molecule has 34 heavy (non-hydrogen) atoms. The molecule has 0 radical (unpaired) electrons. The Hall–Kier alpha value is -3.78. The quantitative estimate of drug-likeness (QED) is 0.333. The lowest BCUT2D eigenvalue weighted by Crippen LogP contribution is -2.42. The van der Waals surface area contributed by atoms with Gasteiger partial charge in [-0.15, -0.1) is 10.2 Å². The van der Waals surface area contributed by atoms with Crippen LogP contribution >= 0.6 is 11.8 Å². The first-order valence-corrected chi connectivity index (χ1v) is 12.0. The molecule has 0 saturated carbocycles. The number of hydrogen-bond acceptors (Lipinski definition) is 7. The summed E-state index contributed by atoms with van der Waals surface area (Å²) in [5.74, 6) is 1.98. The van der Waals surface area contributed by atoms with E-state index in [0.717, 1.165) is 22.6 Å². The van der Waals surface area contributed by atoms with Crippen LogP contribution in [-0.4, -0.2) is 35.1 Å². The third-order valence-electron chi connectivity index (χ3n) is 5.42. The predicted molar refractivity (Wildman–Crippen MR) is 130 cm³/mol. The van der Waals surface area contributed by atoms with Gasteiger partial charge in [-0.3, -0.25) is 9.69 Å². The number of carbonyl (C=O) groups is 1. The van der Waals surface area contributed by atoms with Crippen molar-refractivity contribution in [3.63, 3.8) is 0 Å². The first kappa shape index (κ1) is 22.0. The normalized spacial score (nSPS) is 14.9. The van der Waals surface area contributed by atoms with Crippen molar-refractivity contribution in [3.8, 4) is 23.0 Å². The van der Waals surface area contributed by atoms with Gasteiger partial charge in [0.05, 0.1) is 24.1 Å². The highest BCUT2D eigenvalue weighted by molar-refractivity contribution is 7.99. The van der Waals surface area contributed by atoms with Crippen LogP contribution in [0.15, 0.2) is 88.5 Å². The maximum absolute atomic E-state index is 13.4. The van der Waals surface area contributed by atoms with E-state index in [1.54, 1.807) is 0 Å². The van der Waals surface area contributed by atoms with Gasteiger partial charge in [-0.25, -0.2) is 0 Å². The molecule has 8 heteroatoms. The van der Waals surface area contributed by atoms with Gasteiger partial charge in [0, 0.05) is 5.56 Å². The number of anilines is 1. The van der Waals surface area contributed by atoms with E-state index in [1.807, 2.05) is 90.7 Å². The number of benzene rings is 3. The Morgan fingerprint density at radius 3 is 2.59 bits per heavy atom. The summed E-state index contributed by atoms with van der Waals surface area (Å²) >= 11 is 1.22. The first-order chi connectivity index (χ1) is 16.7. The van der Waals surface area contributed by atoms with E-state index in [2.05, 4.69) is 10.2 Å². The monoisotopic (exact) mass is 473 g/mol. The second-order valence-electron chi connectivity index (χ2n) is 7.59. The van der Waals surface area contributed by atoms with Crippen molar-refractivity contribution in [3.05, 3.63) is 84.4 Å². The molecule has 1 atom stereocenters. The van der Waals surface area contributed by atoms with E-state index < -0.39 is 0 Å². The Bertz CT molecular complexity index is 1260. The first-order valence-electron chi connectivity index (χ1n) is 11.0. The zero-order valence-electron chi connectivity index (χ0n) is 18.6. The number of thioether (sulfide) groups is 1. The van der Waals surface area contributed by atoms with E-state index in [0.29, 0.717) is 30.1 Å². The summed E-state index contributed by atoms with van der Waals surface area (Å²) in [6.07, 6.45) is 0. The molecule has 0 saturated heterocycles. The third-order valence-corrected chi connectivity index (χ3v) is 6.23. The molecule has 1 unspecified atom stereocenters. The molecule has 1 aliphatic rings. The number of para-hydroxylation sites is 2. The lowest BCUT2D eigenvalue weighted by atomic mass is 10.0. The average molecular weight is 474 g/mol. The van der Waals surface area contributed by atoms with Crippen molar-refractivity contribution in [1.29, 1.82) is 0 Å². The van der Waals surface area contributed by atoms with Crippen molar-refractivity contribution in [2.45, 2.75) is 18.2 Å². The Morgan fingerprint density at radius 1 is 1.03 bits per heavy atom. The minimum Gasteiger partial charge on any atom is -0.494 e. The van der Waals surface area contributed by atoms with Gasteiger partial charge < -0.3 is 13.9 Å². The van der Waals surface area contributed by atoms with Gasteiger partial charge in [-0.2, -0.15) is 0 Å². The van der Waals surface area contributed by atoms with E-state index in [1.165, 1.54) is 11.8 Å². The number of fused-ring (bicyclic) bond motifs is 1. The van der Waals surface area contributed by atoms with Crippen LogP contribution in [0.3, 0.4) is 0 Å². The van der Waals surface area contributed by atoms with Crippen LogP contribution < -0.4 is 14.4 Å². The highest BCUT2D eigenvalue weighted by atomic mass is 32.2. The fourth-order valence-electron chi connectivity index (χ4n) is 3.86. The highest BCUT2D eigenvalue weighted by Crippen LogP contribution is 2.40. The highest BCUT2D eigenvalue weighted by Gasteiger charge is 2.33. The summed E-state index contributed by atoms with van der Waals surface area (Å²) in [4.78, 5) is 15.2. The molecule has 2 heterocycles. The molecule has 1 amide bonds. The molecule has 1 aromatic heterocycles. The molecule has 3 aromatic carbocycles. The molecule has 4 aromatic rings. The van der Waals surface area contributed by atoms with Crippen molar-refractivity contribution >= 4 is 23.4 Å². The minimum atomic E-state index is -0.216. The number of amides is 1. The van der Waals surface area contributed by atoms with Gasteiger partial charge >= 0.3 is 0 Å².